The van der Waals surface area contributed by atoms with Crippen molar-refractivity contribution in [2.24, 2.45) is 0 Å². The molecular weight excluding hydrogens is 366 g/mol. The highest BCUT2D eigenvalue weighted by Crippen LogP contribution is 2.19. The summed E-state index contributed by atoms with van der Waals surface area (Å²) in [6.45, 7) is 0. The zero-order chi connectivity index (χ0) is 20.6. The number of nitrogens with two attached hydrogens (primary N) is 1. The normalized spacial score (nSPS) is 10.9. The number of hydrogen-bond donors (Lipinski definition) is 3. The van der Waals surface area contributed by atoms with Gasteiger partial charge in [-0.25, -0.2) is 0 Å². The molecule has 2 amide bonds. The van der Waals surface area contributed by atoms with Gasteiger partial charge in [-0.05, 0) is 48.0 Å². The van der Waals surface area contributed by atoms with Gasteiger partial charge >= 0.3 is 0 Å². The molecule has 0 aliphatic carbocycles. The van der Waals surface area contributed by atoms with Crippen LogP contribution in [0.25, 0.3) is 6.08 Å². The Morgan fingerprint density at radius 2 is 1.55 bits per heavy atom. The van der Waals surface area contributed by atoms with Crippen LogP contribution in [0.15, 0.2) is 84.6 Å². The van der Waals surface area contributed by atoms with Crippen LogP contribution in [0.1, 0.15) is 15.9 Å². The van der Waals surface area contributed by atoms with Crippen molar-refractivity contribution >= 4 is 29.3 Å². The zero-order valence-corrected chi connectivity index (χ0v) is 15.9. The summed E-state index contributed by atoms with van der Waals surface area (Å²) in [6, 6.07) is 22.7. The second-order valence-electron chi connectivity index (χ2n) is 6.19. The van der Waals surface area contributed by atoms with Crippen LogP contribution < -0.4 is 21.1 Å². The summed E-state index contributed by atoms with van der Waals surface area (Å²) < 4.78 is 5.15. The number of carbonyl (C=O) groups excluding carboxylic acids is 2. The maximum atomic E-state index is 12.9. The van der Waals surface area contributed by atoms with Crippen molar-refractivity contribution in [3.63, 3.8) is 0 Å². The Balaban J connectivity index is 1.89. The molecule has 29 heavy (non-hydrogen) atoms. The summed E-state index contributed by atoms with van der Waals surface area (Å²) in [5.74, 6) is -0.178. The maximum Gasteiger partial charge on any atom is 0.272 e. The van der Waals surface area contributed by atoms with Crippen LogP contribution >= 0.6 is 0 Å². The van der Waals surface area contributed by atoms with Gasteiger partial charge in [-0.3, -0.25) is 9.59 Å². The molecule has 6 heteroatoms. The molecule has 0 saturated carbocycles. The fourth-order valence-corrected chi connectivity index (χ4v) is 2.61. The summed E-state index contributed by atoms with van der Waals surface area (Å²) in [5, 5.41) is 5.43. The number of benzene rings is 3. The van der Waals surface area contributed by atoms with Gasteiger partial charge in [0.05, 0.1) is 18.5 Å². The maximum absolute atomic E-state index is 12.9. The van der Waals surface area contributed by atoms with E-state index in [4.69, 9.17) is 10.5 Å². The fraction of sp³-hybridized carbons (Fsp3) is 0.0435. The zero-order valence-electron chi connectivity index (χ0n) is 15.9. The number of nitrogen functional groups attached to an aromatic ring is 1. The molecule has 6 nitrogen and oxygen atoms in total. The van der Waals surface area contributed by atoms with Crippen molar-refractivity contribution in [1.29, 1.82) is 0 Å². The van der Waals surface area contributed by atoms with E-state index in [0.29, 0.717) is 22.7 Å². The van der Waals surface area contributed by atoms with E-state index in [2.05, 4.69) is 10.6 Å². The number of amides is 2. The number of ether oxygens (including phenoxy) is 1. The van der Waals surface area contributed by atoms with Crippen LogP contribution in [0.3, 0.4) is 0 Å². The van der Waals surface area contributed by atoms with E-state index in [9.17, 15) is 9.59 Å². The molecule has 0 radical (unpaired) electrons. The van der Waals surface area contributed by atoms with E-state index < -0.39 is 5.91 Å². The van der Waals surface area contributed by atoms with Crippen LogP contribution in [-0.2, 0) is 4.79 Å². The third kappa shape index (κ3) is 5.23. The van der Waals surface area contributed by atoms with Crippen molar-refractivity contribution < 1.29 is 14.3 Å². The fourth-order valence-electron chi connectivity index (χ4n) is 2.61. The molecule has 0 spiro atoms. The van der Waals surface area contributed by atoms with Crippen LogP contribution in [0.4, 0.5) is 11.4 Å². The molecule has 0 aliphatic heterocycles. The molecule has 3 aromatic carbocycles. The lowest BCUT2D eigenvalue weighted by molar-refractivity contribution is -0.113. The van der Waals surface area contributed by atoms with Gasteiger partial charge in [-0.2, -0.15) is 0 Å². The van der Waals surface area contributed by atoms with E-state index in [1.165, 1.54) is 0 Å². The van der Waals surface area contributed by atoms with Crippen LogP contribution in [0.5, 0.6) is 5.75 Å². The Hall–Kier alpha value is -4.06. The summed E-state index contributed by atoms with van der Waals surface area (Å²) in [4.78, 5) is 25.5. The number of anilines is 2. The minimum absolute atomic E-state index is 0.0901. The summed E-state index contributed by atoms with van der Waals surface area (Å²) >= 11 is 0. The van der Waals surface area contributed by atoms with Gasteiger partial charge in [0.25, 0.3) is 11.8 Å². The number of methoxy groups -OCH3 is 1. The Kier molecular flexibility index (Phi) is 6.27. The molecule has 0 bridgehead atoms. The van der Waals surface area contributed by atoms with E-state index in [0.717, 1.165) is 5.56 Å². The monoisotopic (exact) mass is 387 g/mol. The van der Waals surface area contributed by atoms with Gasteiger partial charge in [0, 0.05) is 5.56 Å². The third-order valence-electron chi connectivity index (χ3n) is 4.16. The smallest absolute Gasteiger partial charge is 0.272 e. The topological polar surface area (TPSA) is 93.4 Å². The quantitative estimate of drug-likeness (QED) is 0.444. The molecule has 0 aliphatic rings. The molecule has 0 heterocycles. The molecule has 0 aromatic heterocycles. The first-order valence-electron chi connectivity index (χ1n) is 8.95. The third-order valence-corrected chi connectivity index (χ3v) is 4.16. The largest absolute Gasteiger partial charge is 0.497 e. The van der Waals surface area contributed by atoms with Crippen molar-refractivity contribution in [3.05, 3.63) is 95.7 Å². The van der Waals surface area contributed by atoms with Crippen molar-refractivity contribution in [3.8, 4) is 5.75 Å². The first-order valence-corrected chi connectivity index (χ1v) is 8.95. The number of carbonyl (C=O) groups is 2. The SMILES string of the molecule is COc1ccc(/C=C(/NC(=O)c2ccccc2)C(=O)Nc2ccccc2N)cc1. The van der Waals surface area contributed by atoms with Crippen LogP contribution in [0, 0.1) is 0 Å². The molecule has 0 unspecified atom stereocenters. The Morgan fingerprint density at radius 3 is 2.21 bits per heavy atom. The molecule has 4 N–H and O–H groups in total. The highest BCUT2D eigenvalue weighted by atomic mass is 16.5. The van der Waals surface area contributed by atoms with Crippen molar-refractivity contribution in [1.82, 2.24) is 5.32 Å². The molecule has 146 valence electrons. The predicted molar refractivity (Wildman–Crippen MR) is 114 cm³/mol. The van der Waals surface area contributed by atoms with Gasteiger partial charge in [-0.15, -0.1) is 0 Å². The average Bonchev–Trinajstić information content (AvgIpc) is 2.76. The minimum Gasteiger partial charge on any atom is -0.497 e. The summed E-state index contributed by atoms with van der Waals surface area (Å²) in [6.07, 6.45) is 1.59. The van der Waals surface area contributed by atoms with Crippen molar-refractivity contribution in [2.45, 2.75) is 0 Å². The lowest BCUT2D eigenvalue weighted by atomic mass is 10.1. The Morgan fingerprint density at radius 1 is 0.897 bits per heavy atom. The van der Waals surface area contributed by atoms with Gasteiger partial charge < -0.3 is 21.1 Å². The predicted octanol–water partition coefficient (Wildman–Crippen LogP) is 3.69. The number of para-hydroxylation sites is 2. The summed E-state index contributed by atoms with van der Waals surface area (Å²) in [7, 11) is 1.58. The van der Waals surface area contributed by atoms with Gasteiger partial charge in [0.1, 0.15) is 11.4 Å². The van der Waals surface area contributed by atoms with Gasteiger partial charge in [-0.1, -0.05) is 42.5 Å². The van der Waals surface area contributed by atoms with E-state index in [1.54, 1.807) is 86.0 Å². The number of nitrogens with one attached hydrogen (secondary N) is 2. The molecule has 3 aromatic rings. The summed E-state index contributed by atoms with van der Waals surface area (Å²) in [5.41, 5.74) is 8.07. The molecule has 0 atom stereocenters. The molecule has 0 fully saturated rings. The molecule has 3 rings (SSSR count). The van der Waals surface area contributed by atoms with Crippen molar-refractivity contribution in [2.75, 3.05) is 18.2 Å². The lowest BCUT2D eigenvalue weighted by Gasteiger charge is -2.12. The average molecular weight is 387 g/mol. The van der Waals surface area contributed by atoms with Gasteiger partial charge in [0.15, 0.2) is 0 Å². The van der Waals surface area contributed by atoms with Gasteiger partial charge in [0.2, 0.25) is 0 Å². The second kappa shape index (κ2) is 9.23. The number of hydrogen-bond acceptors (Lipinski definition) is 4. The Labute approximate surface area is 169 Å². The highest BCUT2D eigenvalue weighted by Gasteiger charge is 2.15. The number of rotatable bonds is 6. The minimum atomic E-state index is -0.483. The lowest BCUT2D eigenvalue weighted by Crippen LogP contribution is -2.30. The first kappa shape index (κ1) is 19.7. The second-order valence-corrected chi connectivity index (χ2v) is 6.19. The Bertz CT molecular complexity index is 1030. The van der Waals surface area contributed by atoms with E-state index in [-0.39, 0.29) is 11.6 Å². The molecule has 0 saturated heterocycles. The standard InChI is InChI=1S/C23H21N3O3/c1-29-18-13-11-16(12-14-18)15-21(26-22(27)17-7-3-2-4-8-17)23(28)25-20-10-6-5-9-19(20)24/h2-15H,24H2,1H3,(H,25,28)(H,26,27)/b21-15+. The van der Waals surface area contributed by atoms with E-state index in [1.807, 2.05) is 6.07 Å². The van der Waals surface area contributed by atoms with Crippen LogP contribution in [0.2, 0.25) is 0 Å². The first-order chi connectivity index (χ1) is 14.1. The highest BCUT2D eigenvalue weighted by molar-refractivity contribution is 6.11. The van der Waals surface area contributed by atoms with E-state index >= 15 is 0 Å². The van der Waals surface area contributed by atoms with Crippen LogP contribution in [-0.4, -0.2) is 18.9 Å². The molecular formula is C23H21N3O3.